The van der Waals surface area contributed by atoms with Gasteiger partial charge in [-0.3, -0.25) is 0 Å². The Bertz CT molecular complexity index is 227. The van der Waals surface area contributed by atoms with Crippen molar-refractivity contribution in [3.63, 3.8) is 0 Å². The van der Waals surface area contributed by atoms with E-state index in [1.54, 1.807) is 0 Å². The van der Waals surface area contributed by atoms with Crippen molar-refractivity contribution in [2.75, 3.05) is 0 Å². The van der Waals surface area contributed by atoms with Gasteiger partial charge in [0.2, 0.25) is 0 Å². The van der Waals surface area contributed by atoms with Gasteiger partial charge in [0.25, 0.3) is 0 Å². The van der Waals surface area contributed by atoms with E-state index in [2.05, 4.69) is 12.1 Å². The Balaban J connectivity index is 2.28. The minimum Gasteiger partial charge on any atom is -0.411 e. The summed E-state index contributed by atoms with van der Waals surface area (Å²) < 4.78 is 5.79. The molecule has 3 aliphatic rings. The molecule has 1 aliphatic carbocycles. The van der Waals surface area contributed by atoms with E-state index in [4.69, 9.17) is 9.94 Å². The van der Waals surface area contributed by atoms with Crippen LogP contribution < -0.4 is 0 Å². The van der Waals surface area contributed by atoms with Crippen LogP contribution in [0.1, 0.15) is 33.1 Å². The lowest BCUT2D eigenvalue weighted by Crippen LogP contribution is -2.54. The Hall–Kier alpha value is -0.570. The lowest BCUT2D eigenvalue weighted by atomic mass is 9.72. The Kier molecular flexibility index (Phi) is 1.65. The van der Waals surface area contributed by atoms with Crippen LogP contribution in [0.4, 0.5) is 0 Å². The van der Waals surface area contributed by atoms with Crippen LogP contribution in [-0.4, -0.2) is 22.6 Å². The molecule has 3 fully saturated rings. The van der Waals surface area contributed by atoms with Gasteiger partial charge in [0.1, 0.15) is 5.60 Å². The van der Waals surface area contributed by atoms with Gasteiger partial charge in [-0.1, -0.05) is 5.16 Å². The normalized spacial score (nSPS) is 50.0. The maximum atomic E-state index is 8.77. The average Bonchev–Trinajstić information content (AvgIpc) is 2.03. The SMILES string of the molecule is CC1OC2(C)CCC1CC2=NO. The number of fused-ring (bicyclic) bond motifs is 3. The van der Waals surface area contributed by atoms with Gasteiger partial charge < -0.3 is 9.94 Å². The maximum absolute atomic E-state index is 8.77. The minimum absolute atomic E-state index is 0.275. The number of rotatable bonds is 0. The molecule has 0 amide bonds. The van der Waals surface area contributed by atoms with Gasteiger partial charge >= 0.3 is 0 Å². The second-order valence-corrected chi connectivity index (χ2v) is 4.10. The fraction of sp³-hybridized carbons (Fsp3) is 0.889. The van der Waals surface area contributed by atoms with E-state index >= 15 is 0 Å². The van der Waals surface area contributed by atoms with E-state index < -0.39 is 0 Å². The highest BCUT2D eigenvalue weighted by atomic mass is 16.5. The molecule has 3 rings (SSSR count). The van der Waals surface area contributed by atoms with E-state index in [0.717, 1.165) is 18.6 Å². The maximum Gasteiger partial charge on any atom is 0.107 e. The van der Waals surface area contributed by atoms with Gasteiger partial charge in [0, 0.05) is 0 Å². The summed E-state index contributed by atoms with van der Waals surface area (Å²) in [4.78, 5) is 0. The van der Waals surface area contributed by atoms with E-state index in [1.165, 1.54) is 6.42 Å². The molecular formula is C9H15NO2. The van der Waals surface area contributed by atoms with Crippen molar-refractivity contribution in [3.05, 3.63) is 0 Å². The molecule has 0 aromatic carbocycles. The summed E-state index contributed by atoms with van der Waals surface area (Å²) in [5.41, 5.74) is 0.556. The second-order valence-electron chi connectivity index (χ2n) is 4.10. The van der Waals surface area contributed by atoms with Crippen molar-refractivity contribution < 1.29 is 9.94 Å². The first kappa shape index (κ1) is 8.05. The standard InChI is InChI=1S/C9H15NO2/c1-6-7-3-4-9(2,12-6)8(5-7)10-11/h6-7,11H,3-5H2,1-2H3. The van der Waals surface area contributed by atoms with E-state index in [1.807, 2.05) is 6.92 Å². The first-order valence-electron chi connectivity index (χ1n) is 4.55. The highest BCUT2D eigenvalue weighted by Crippen LogP contribution is 2.42. The summed E-state index contributed by atoms with van der Waals surface area (Å²) >= 11 is 0. The Morgan fingerprint density at radius 3 is 2.92 bits per heavy atom. The molecule has 3 heteroatoms. The number of nitrogens with zero attached hydrogens (tertiary/aromatic N) is 1. The van der Waals surface area contributed by atoms with Gasteiger partial charge in [0.05, 0.1) is 11.8 Å². The van der Waals surface area contributed by atoms with Crippen molar-refractivity contribution in [1.29, 1.82) is 0 Å². The highest BCUT2D eigenvalue weighted by molar-refractivity contribution is 5.93. The molecule has 0 radical (unpaired) electrons. The summed E-state index contributed by atoms with van der Waals surface area (Å²) in [5.74, 6) is 0.567. The molecular weight excluding hydrogens is 154 g/mol. The van der Waals surface area contributed by atoms with Crippen molar-refractivity contribution in [1.82, 2.24) is 0 Å². The summed E-state index contributed by atoms with van der Waals surface area (Å²) in [6, 6.07) is 0. The zero-order chi connectivity index (χ0) is 8.77. The number of ether oxygens (including phenoxy) is 1. The molecule has 3 atom stereocenters. The molecule has 1 N–H and O–H groups in total. The number of oxime groups is 1. The van der Waals surface area contributed by atoms with Crippen molar-refractivity contribution in [3.8, 4) is 0 Å². The third-order valence-corrected chi connectivity index (χ3v) is 3.29. The summed E-state index contributed by atoms with van der Waals surface area (Å²) in [6.45, 7) is 4.13. The molecule has 12 heavy (non-hydrogen) atoms. The predicted octanol–water partition coefficient (Wildman–Crippen LogP) is 1.79. The average molecular weight is 169 g/mol. The predicted molar refractivity (Wildman–Crippen MR) is 45.5 cm³/mol. The Morgan fingerprint density at radius 2 is 2.42 bits per heavy atom. The molecule has 0 spiro atoms. The largest absolute Gasteiger partial charge is 0.411 e. The summed E-state index contributed by atoms with van der Waals surface area (Å²) in [6.07, 6.45) is 3.45. The zero-order valence-corrected chi connectivity index (χ0v) is 7.58. The van der Waals surface area contributed by atoms with Crippen LogP contribution in [0.25, 0.3) is 0 Å². The Morgan fingerprint density at radius 1 is 1.67 bits per heavy atom. The number of hydrogen-bond acceptors (Lipinski definition) is 3. The van der Waals surface area contributed by atoms with Crippen LogP contribution in [-0.2, 0) is 4.74 Å². The molecule has 3 nitrogen and oxygen atoms in total. The lowest BCUT2D eigenvalue weighted by Gasteiger charge is -2.48. The summed E-state index contributed by atoms with van der Waals surface area (Å²) in [7, 11) is 0. The van der Waals surface area contributed by atoms with E-state index in [0.29, 0.717) is 12.0 Å². The van der Waals surface area contributed by atoms with Gasteiger partial charge in [-0.05, 0) is 39.0 Å². The molecule has 2 bridgehead atoms. The molecule has 2 heterocycles. The van der Waals surface area contributed by atoms with Crippen LogP contribution in [0.3, 0.4) is 0 Å². The fourth-order valence-electron chi connectivity index (χ4n) is 2.35. The smallest absolute Gasteiger partial charge is 0.107 e. The van der Waals surface area contributed by atoms with Crippen molar-refractivity contribution in [2.45, 2.75) is 44.8 Å². The van der Waals surface area contributed by atoms with Crippen LogP contribution in [0, 0.1) is 5.92 Å². The summed E-state index contributed by atoms with van der Waals surface area (Å²) in [5, 5.41) is 12.1. The van der Waals surface area contributed by atoms with Gasteiger partial charge in [-0.15, -0.1) is 0 Å². The van der Waals surface area contributed by atoms with Crippen LogP contribution in [0.15, 0.2) is 5.16 Å². The fourth-order valence-corrected chi connectivity index (χ4v) is 2.35. The lowest BCUT2D eigenvalue weighted by molar-refractivity contribution is -0.117. The first-order chi connectivity index (χ1) is 5.65. The van der Waals surface area contributed by atoms with Crippen molar-refractivity contribution in [2.24, 2.45) is 11.1 Å². The third-order valence-electron chi connectivity index (χ3n) is 3.29. The molecule has 1 saturated carbocycles. The molecule has 68 valence electrons. The number of hydrogen-bond donors (Lipinski definition) is 1. The van der Waals surface area contributed by atoms with Crippen molar-refractivity contribution >= 4 is 5.71 Å². The van der Waals surface area contributed by atoms with E-state index in [-0.39, 0.29) is 5.60 Å². The van der Waals surface area contributed by atoms with E-state index in [9.17, 15) is 0 Å². The Labute approximate surface area is 72.4 Å². The third kappa shape index (κ3) is 0.959. The van der Waals surface area contributed by atoms with Gasteiger partial charge in [-0.25, -0.2) is 0 Å². The molecule has 0 aromatic heterocycles. The molecule has 0 aromatic rings. The second kappa shape index (κ2) is 2.46. The zero-order valence-electron chi connectivity index (χ0n) is 7.58. The molecule has 3 unspecified atom stereocenters. The van der Waals surface area contributed by atoms with Gasteiger partial charge in [0.15, 0.2) is 0 Å². The van der Waals surface area contributed by atoms with Crippen LogP contribution in [0.2, 0.25) is 0 Å². The van der Waals surface area contributed by atoms with Gasteiger partial charge in [-0.2, -0.15) is 0 Å². The quantitative estimate of drug-likeness (QED) is 0.443. The molecule has 2 aliphatic heterocycles. The van der Waals surface area contributed by atoms with Crippen LogP contribution in [0.5, 0.6) is 0 Å². The minimum atomic E-state index is -0.275. The first-order valence-corrected chi connectivity index (χ1v) is 4.55. The highest BCUT2D eigenvalue weighted by Gasteiger charge is 2.47. The monoisotopic (exact) mass is 169 g/mol. The molecule has 2 saturated heterocycles. The van der Waals surface area contributed by atoms with Crippen LogP contribution >= 0.6 is 0 Å². The topological polar surface area (TPSA) is 41.8 Å².